The summed E-state index contributed by atoms with van der Waals surface area (Å²) in [4.78, 5) is 35.8. The van der Waals surface area contributed by atoms with Gasteiger partial charge in [-0.05, 0) is 38.7 Å². The van der Waals surface area contributed by atoms with Gasteiger partial charge < -0.3 is 9.47 Å². The zero-order valence-electron chi connectivity index (χ0n) is 13.5. The monoisotopic (exact) mass is 337 g/mol. The molecule has 0 bridgehead atoms. The van der Waals surface area contributed by atoms with Crippen molar-refractivity contribution in [3.63, 3.8) is 0 Å². The minimum absolute atomic E-state index is 0.155. The molecule has 0 spiro atoms. The van der Waals surface area contributed by atoms with Crippen LogP contribution in [-0.2, 0) is 9.53 Å². The van der Waals surface area contributed by atoms with E-state index in [2.05, 4.69) is 5.32 Å². The summed E-state index contributed by atoms with van der Waals surface area (Å²) in [5.41, 5.74) is -1.15. The summed E-state index contributed by atoms with van der Waals surface area (Å²) in [5.74, 6) is -0.684. The number of benzene rings is 1. The first-order valence-electron chi connectivity index (χ1n) is 7.22. The van der Waals surface area contributed by atoms with E-state index in [1.54, 1.807) is 32.9 Å². The summed E-state index contributed by atoms with van der Waals surface area (Å²) in [5, 5.41) is 2.21. The fourth-order valence-electron chi connectivity index (χ4n) is 2.05. The van der Waals surface area contributed by atoms with E-state index in [0.29, 0.717) is 5.75 Å². The molecule has 1 aromatic carbocycles. The fourth-order valence-corrected chi connectivity index (χ4v) is 2.71. The average Bonchev–Trinajstić information content (AvgIpc) is 2.72. The highest BCUT2D eigenvalue weighted by Crippen LogP contribution is 2.29. The van der Waals surface area contributed by atoms with Crippen molar-refractivity contribution in [3.05, 3.63) is 29.3 Å². The SMILES string of the molecule is CCSC(Oc1cccc2c1C(=O)NC2=O)C(=O)OC(C)(C)C. The first-order valence-corrected chi connectivity index (χ1v) is 8.27. The molecule has 1 aliphatic heterocycles. The largest absolute Gasteiger partial charge is 0.467 e. The third-order valence-corrected chi connectivity index (χ3v) is 3.80. The minimum atomic E-state index is -0.908. The van der Waals surface area contributed by atoms with Crippen LogP contribution >= 0.6 is 11.8 Å². The molecule has 1 atom stereocenters. The van der Waals surface area contributed by atoms with Gasteiger partial charge in [0.25, 0.3) is 11.8 Å². The molecule has 0 aromatic heterocycles. The van der Waals surface area contributed by atoms with Gasteiger partial charge in [-0.1, -0.05) is 13.0 Å². The Bertz CT molecular complexity index is 650. The highest BCUT2D eigenvalue weighted by atomic mass is 32.2. The van der Waals surface area contributed by atoms with Gasteiger partial charge in [-0.2, -0.15) is 0 Å². The summed E-state index contributed by atoms with van der Waals surface area (Å²) < 4.78 is 11.0. The number of carbonyl (C=O) groups excluding carboxylic acids is 3. The molecular weight excluding hydrogens is 318 g/mol. The molecule has 124 valence electrons. The molecule has 0 saturated carbocycles. The van der Waals surface area contributed by atoms with Crippen LogP contribution in [0.5, 0.6) is 5.75 Å². The Labute approximate surface area is 138 Å². The molecule has 2 rings (SSSR count). The van der Waals surface area contributed by atoms with Crippen molar-refractivity contribution in [1.29, 1.82) is 0 Å². The zero-order valence-corrected chi connectivity index (χ0v) is 14.3. The standard InChI is InChI=1S/C16H19NO5S/c1-5-23-15(14(20)22-16(2,3)4)21-10-8-6-7-9-11(10)13(19)17-12(9)18/h6-8,15H,5H2,1-4H3,(H,17,18,19). The van der Waals surface area contributed by atoms with Crippen LogP contribution in [0.1, 0.15) is 48.4 Å². The van der Waals surface area contributed by atoms with E-state index >= 15 is 0 Å². The molecule has 23 heavy (non-hydrogen) atoms. The number of hydrogen-bond acceptors (Lipinski definition) is 6. The lowest BCUT2D eigenvalue weighted by Gasteiger charge is -2.24. The van der Waals surface area contributed by atoms with Crippen LogP contribution in [0.15, 0.2) is 18.2 Å². The molecule has 2 amide bonds. The second kappa shape index (κ2) is 6.62. The number of carbonyl (C=O) groups is 3. The Kier molecular flexibility index (Phi) is 4.99. The quantitative estimate of drug-likeness (QED) is 0.505. The van der Waals surface area contributed by atoms with E-state index in [0.717, 1.165) is 0 Å². The van der Waals surface area contributed by atoms with Gasteiger partial charge in [0, 0.05) is 0 Å². The average molecular weight is 337 g/mol. The number of hydrogen-bond donors (Lipinski definition) is 1. The number of rotatable bonds is 5. The van der Waals surface area contributed by atoms with Crippen LogP contribution in [0.2, 0.25) is 0 Å². The maximum Gasteiger partial charge on any atom is 0.358 e. The van der Waals surface area contributed by atoms with E-state index in [9.17, 15) is 14.4 Å². The Morgan fingerprint density at radius 3 is 2.57 bits per heavy atom. The fraction of sp³-hybridized carbons (Fsp3) is 0.438. The normalized spacial score (nSPS) is 15.0. The van der Waals surface area contributed by atoms with Crippen LogP contribution in [0, 0.1) is 0 Å². The second-order valence-electron chi connectivity index (χ2n) is 5.90. The molecule has 6 nitrogen and oxygen atoms in total. The molecule has 1 heterocycles. The Morgan fingerprint density at radius 2 is 1.96 bits per heavy atom. The van der Waals surface area contributed by atoms with Crippen LogP contribution in [0.4, 0.5) is 0 Å². The Morgan fingerprint density at radius 1 is 1.26 bits per heavy atom. The predicted molar refractivity (Wildman–Crippen MR) is 86.6 cm³/mol. The van der Waals surface area contributed by atoms with Gasteiger partial charge in [0.05, 0.1) is 11.1 Å². The van der Waals surface area contributed by atoms with Gasteiger partial charge in [0.15, 0.2) is 0 Å². The van der Waals surface area contributed by atoms with E-state index in [-0.39, 0.29) is 16.9 Å². The van der Waals surface area contributed by atoms with E-state index in [1.165, 1.54) is 17.8 Å². The first-order chi connectivity index (χ1) is 10.7. The number of nitrogens with one attached hydrogen (secondary N) is 1. The van der Waals surface area contributed by atoms with Gasteiger partial charge in [-0.25, -0.2) is 4.79 Å². The number of fused-ring (bicyclic) bond motifs is 1. The molecule has 1 aliphatic rings. The molecule has 1 N–H and O–H groups in total. The minimum Gasteiger partial charge on any atom is -0.467 e. The van der Waals surface area contributed by atoms with Crippen molar-refractivity contribution in [2.24, 2.45) is 0 Å². The predicted octanol–water partition coefficient (Wildman–Crippen LogP) is 2.37. The Balaban J connectivity index is 2.27. The summed E-state index contributed by atoms with van der Waals surface area (Å²) in [7, 11) is 0. The van der Waals surface area contributed by atoms with Gasteiger partial charge in [0.2, 0.25) is 5.44 Å². The van der Waals surface area contributed by atoms with Crippen LogP contribution < -0.4 is 10.1 Å². The molecule has 0 radical (unpaired) electrons. The van der Waals surface area contributed by atoms with Crippen molar-refractivity contribution in [3.8, 4) is 5.75 Å². The van der Waals surface area contributed by atoms with Crippen LogP contribution in [0.3, 0.4) is 0 Å². The molecule has 7 heteroatoms. The van der Waals surface area contributed by atoms with Crippen molar-refractivity contribution in [2.75, 3.05) is 5.75 Å². The third-order valence-electron chi connectivity index (χ3n) is 2.88. The Hall–Kier alpha value is -2.02. The first kappa shape index (κ1) is 17.3. The highest BCUT2D eigenvalue weighted by molar-refractivity contribution is 8.00. The smallest absolute Gasteiger partial charge is 0.358 e. The van der Waals surface area contributed by atoms with Crippen molar-refractivity contribution < 1.29 is 23.9 Å². The maximum atomic E-state index is 12.3. The number of imide groups is 1. The summed E-state index contributed by atoms with van der Waals surface area (Å²) in [6.07, 6.45) is 0. The molecular formula is C16H19NO5S. The second-order valence-corrected chi connectivity index (χ2v) is 7.24. The third kappa shape index (κ3) is 4.04. The molecule has 0 aliphatic carbocycles. The number of ether oxygens (including phenoxy) is 2. The van der Waals surface area contributed by atoms with Crippen molar-refractivity contribution >= 4 is 29.5 Å². The summed E-state index contributed by atoms with van der Waals surface area (Å²) >= 11 is 1.25. The highest BCUT2D eigenvalue weighted by Gasteiger charge is 2.33. The number of thioether (sulfide) groups is 1. The number of amides is 2. The molecule has 1 aromatic rings. The molecule has 0 saturated heterocycles. The zero-order chi connectivity index (χ0) is 17.2. The lowest BCUT2D eigenvalue weighted by molar-refractivity contribution is -0.159. The molecule has 1 unspecified atom stereocenters. The van der Waals surface area contributed by atoms with Gasteiger partial charge in [-0.3, -0.25) is 14.9 Å². The van der Waals surface area contributed by atoms with Crippen LogP contribution in [-0.4, -0.2) is 34.6 Å². The van der Waals surface area contributed by atoms with E-state index < -0.39 is 28.8 Å². The number of esters is 1. The lowest BCUT2D eigenvalue weighted by atomic mass is 10.1. The van der Waals surface area contributed by atoms with Gasteiger partial charge in [-0.15, -0.1) is 11.8 Å². The van der Waals surface area contributed by atoms with E-state index in [4.69, 9.17) is 9.47 Å². The van der Waals surface area contributed by atoms with Crippen molar-refractivity contribution in [1.82, 2.24) is 5.32 Å². The maximum absolute atomic E-state index is 12.3. The lowest BCUT2D eigenvalue weighted by Crippen LogP contribution is -2.33. The topological polar surface area (TPSA) is 81.7 Å². The summed E-state index contributed by atoms with van der Waals surface area (Å²) in [6, 6.07) is 4.71. The molecule has 0 fully saturated rings. The summed E-state index contributed by atoms with van der Waals surface area (Å²) in [6.45, 7) is 7.19. The van der Waals surface area contributed by atoms with Crippen molar-refractivity contribution in [2.45, 2.75) is 38.7 Å². The van der Waals surface area contributed by atoms with Crippen LogP contribution in [0.25, 0.3) is 0 Å². The van der Waals surface area contributed by atoms with E-state index in [1.807, 2.05) is 6.92 Å². The van der Waals surface area contributed by atoms with Gasteiger partial charge >= 0.3 is 5.97 Å². The van der Waals surface area contributed by atoms with Gasteiger partial charge in [0.1, 0.15) is 11.4 Å².